The minimum Gasteiger partial charge on any atom is -0.376 e. The van der Waals surface area contributed by atoms with Crippen LogP contribution in [0.3, 0.4) is 0 Å². The van der Waals surface area contributed by atoms with E-state index in [0.717, 1.165) is 61.5 Å². The standard InChI is InChI=1S/C27H30FN3O3/c28-22-12-7-11-21(17-22)26(32)31(18-23-13-8-16-33-23)19-24-25(20-9-3-1-4-10-20)29-34-27(24)30-14-5-2-6-15-30/h1,3-4,7,9-12,17,23H,2,5-6,8,13-16,18-19H2. The molecule has 6 nitrogen and oxygen atoms in total. The van der Waals surface area contributed by atoms with Gasteiger partial charge in [0.05, 0.1) is 18.2 Å². The van der Waals surface area contributed by atoms with E-state index in [1.807, 2.05) is 30.3 Å². The number of carbonyl (C=O) groups is 1. The van der Waals surface area contributed by atoms with E-state index < -0.39 is 5.82 Å². The van der Waals surface area contributed by atoms with Gasteiger partial charge in [0.2, 0.25) is 5.88 Å². The summed E-state index contributed by atoms with van der Waals surface area (Å²) >= 11 is 0. The first-order valence-electron chi connectivity index (χ1n) is 12.1. The highest BCUT2D eigenvalue weighted by molar-refractivity contribution is 5.94. The van der Waals surface area contributed by atoms with Gasteiger partial charge in [0, 0.05) is 37.4 Å². The zero-order chi connectivity index (χ0) is 23.3. The van der Waals surface area contributed by atoms with Gasteiger partial charge in [-0.25, -0.2) is 4.39 Å². The third-order valence-corrected chi connectivity index (χ3v) is 6.61. The van der Waals surface area contributed by atoms with Crippen LogP contribution < -0.4 is 4.90 Å². The van der Waals surface area contributed by atoms with Crippen LogP contribution >= 0.6 is 0 Å². The van der Waals surface area contributed by atoms with Crippen LogP contribution in [0.1, 0.15) is 48.0 Å². The second-order valence-electron chi connectivity index (χ2n) is 9.06. The van der Waals surface area contributed by atoms with Crippen LogP contribution in [0, 0.1) is 5.82 Å². The third-order valence-electron chi connectivity index (χ3n) is 6.61. The predicted molar refractivity (Wildman–Crippen MR) is 128 cm³/mol. The van der Waals surface area contributed by atoms with Crippen LogP contribution in [0.15, 0.2) is 59.1 Å². The molecular formula is C27H30FN3O3. The molecule has 7 heteroatoms. The number of hydrogen-bond donors (Lipinski definition) is 0. The first kappa shape index (κ1) is 22.6. The van der Waals surface area contributed by atoms with Gasteiger partial charge in [-0.05, 0) is 50.3 Å². The number of halogens is 1. The Morgan fingerprint density at radius 3 is 2.62 bits per heavy atom. The molecular weight excluding hydrogens is 433 g/mol. The Kier molecular flexibility index (Phi) is 6.90. The van der Waals surface area contributed by atoms with E-state index in [4.69, 9.17) is 9.26 Å². The summed E-state index contributed by atoms with van der Waals surface area (Å²) in [4.78, 5) is 17.6. The molecule has 0 bridgehead atoms. The highest BCUT2D eigenvalue weighted by Gasteiger charge is 2.30. The molecule has 1 atom stereocenters. The largest absolute Gasteiger partial charge is 0.376 e. The zero-order valence-electron chi connectivity index (χ0n) is 19.3. The molecule has 34 heavy (non-hydrogen) atoms. The number of piperidine rings is 1. The Hall–Kier alpha value is -3.19. The maximum Gasteiger partial charge on any atom is 0.254 e. The second-order valence-corrected chi connectivity index (χ2v) is 9.06. The van der Waals surface area contributed by atoms with Crippen molar-refractivity contribution in [2.24, 2.45) is 0 Å². The number of amides is 1. The van der Waals surface area contributed by atoms with E-state index in [9.17, 15) is 9.18 Å². The number of nitrogens with zero attached hydrogens (tertiary/aromatic N) is 3. The molecule has 1 aromatic heterocycles. The molecule has 178 valence electrons. The molecule has 2 aliphatic heterocycles. The summed E-state index contributed by atoms with van der Waals surface area (Å²) in [5, 5.41) is 4.45. The Morgan fingerprint density at radius 1 is 1.06 bits per heavy atom. The van der Waals surface area contributed by atoms with Crippen LogP contribution in [-0.2, 0) is 11.3 Å². The quantitative estimate of drug-likeness (QED) is 0.476. The van der Waals surface area contributed by atoms with Gasteiger partial charge < -0.3 is 19.1 Å². The molecule has 2 aliphatic rings. The van der Waals surface area contributed by atoms with Gasteiger partial charge >= 0.3 is 0 Å². The van der Waals surface area contributed by atoms with Gasteiger partial charge in [-0.3, -0.25) is 4.79 Å². The molecule has 2 fully saturated rings. The molecule has 0 N–H and O–H groups in total. The van der Waals surface area contributed by atoms with E-state index in [0.29, 0.717) is 25.3 Å². The number of benzene rings is 2. The molecule has 0 aliphatic carbocycles. The van der Waals surface area contributed by atoms with Gasteiger partial charge in [-0.1, -0.05) is 41.6 Å². The van der Waals surface area contributed by atoms with Crippen LogP contribution in [0.2, 0.25) is 0 Å². The lowest BCUT2D eigenvalue weighted by Gasteiger charge is -2.29. The Balaban J connectivity index is 1.52. The number of ether oxygens (including phenoxy) is 1. The lowest BCUT2D eigenvalue weighted by molar-refractivity contribution is 0.0507. The van der Waals surface area contributed by atoms with Gasteiger partial charge in [0.25, 0.3) is 5.91 Å². The summed E-state index contributed by atoms with van der Waals surface area (Å²) in [6.07, 6.45) is 5.26. The highest BCUT2D eigenvalue weighted by atomic mass is 19.1. The van der Waals surface area contributed by atoms with Crippen LogP contribution in [0.5, 0.6) is 0 Å². The van der Waals surface area contributed by atoms with E-state index in [-0.39, 0.29) is 12.0 Å². The SMILES string of the molecule is O=C(c1cccc(F)c1)N(Cc1c(-c2ccccc2)noc1N1CCCCC1)CC1CCCO1. The second kappa shape index (κ2) is 10.4. The molecule has 1 amide bonds. The van der Waals surface area contributed by atoms with Crippen molar-refractivity contribution in [1.29, 1.82) is 0 Å². The maximum atomic E-state index is 13.9. The van der Waals surface area contributed by atoms with Crippen molar-refractivity contribution in [3.05, 3.63) is 71.5 Å². The van der Waals surface area contributed by atoms with Crippen molar-refractivity contribution < 1.29 is 18.4 Å². The number of anilines is 1. The van der Waals surface area contributed by atoms with Crippen molar-refractivity contribution in [3.8, 4) is 11.3 Å². The molecule has 1 unspecified atom stereocenters. The fourth-order valence-corrected chi connectivity index (χ4v) is 4.86. The van der Waals surface area contributed by atoms with E-state index in [2.05, 4.69) is 10.1 Å². The summed E-state index contributed by atoms with van der Waals surface area (Å²) in [5.41, 5.74) is 2.90. The lowest BCUT2D eigenvalue weighted by Crippen LogP contribution is -2.38. The molecule has 2 aromatic carbocycles. The highest BCUT2D eigenvalue weighted by Crippen LogP contribution is 2.34. The average Bonchev–Trinajstić information content (AvgIpc) is 3.54. The Bertz CT molecular complexity index is 1110. The minimum atomic E-state index is -0.424. The fraction of sp³-hybridized carbons (Fsp3) is 0.407. The van der Waals surface area contributed by atoms with E-state index in [1.165, 1.54) is 18.6 Å². The van der Waals surface area contributed by atoms with Gasteiger partial charge in [0.1, 0.15) is 11.5 Å². The summed E-state index contributed by atoms with van der Waals surface area (Å²) in [6.45, 7) is 3.26. The Labute approximate surface area is 199 Å². The van der Waals surface area contributed by atoms with Crippen molar-refractivity contribution >= 4 is 11.8 Å². The molecule has 0 radical (unpaired) electrons. The van der Waals surface area contributed by atoms with Crippen LogP contribution in [0.25, 0.3) is 11.3 Å². The average molecular weight is 464 g/mol. The van der Waals surface area contributed by atoms with Gasteiger partial charge in [-0.2, -0.15) is 0 Å². The first-order chi connectivity index (χ1) is 16.7. The summed E-state index contributed by atoms with van der Waals surface area (Å²) in [6, 6.07) is 15.8. The number of carbonyl (C=O) groups excluding carboxylic acids is 1. The first-order valence-corrected chi connectivity index (χ1v) is 12.1. The summed E-state index contributed by atoms with van der Waals surface area (Å²) < 4.78 is 25.7. The summed E-state index contributed by atoms with van der Waals surface area (Å²) in [7, 11) is 0. The monoisotopic (exact) mass is 463 g/mol. The molecule has 3 aromatic rings. The third kappa shape index (κ3) is 4.99. The van der Waals surface area contributed by atoms with E-state index >= 15 is 0 Å². The molecule has 0 spiro atoms. The normalized spacial score (nSPS) is 18.3. The van der Waals surface area contributed by atoms with Crippen molar-refractivity contribution in [2.75, 3.05) is 31.1 Å². The fourth-order valence-electron chi connectivity index (χ4n) is 4.86. The zero-order valence-corrected chi connectivity index (χ0v) is 19.3. The molecule has 2 saturated heterocycles. The smallest absolute Gasteiger partial charge is 0.254 e. The molecule has 5 rings (SSSR count). The minimum absolute atomic E-state index is 0.0315. The lowest BCUT2D eigenvalue weighted by atomic mass is 10.0. The van der Waals surface area contributed by atoms with Gasteiger partial charge in [0.15, 0.2) is 0 Å². The number of rotatable bonds is 7. The van der Waals surface area contributed by atoms with Crippen molar-refractivity contribution in [3.63, 3.8) is 0 Å². The molecule has 0 saturated carbocycles. The number of hydrogen-bond acceptors (Lipinski definition) is 5. The van der Waals surface area contributed by atoms with Crippen LogP contribution in [0.4, 0.5) is 10.3 Å². The Morgan fingerprint density at radius 2 is 1.88 bits per heavy atom. The summed E-state index contributed by atoms with van der Waals surface area (Å²) in [5.74, 6) is 0.0783. The number of aromatic nitrogens is 1. The topological polar surface area (TPSA) is 58.8 Å². The molecule has 3 heterocycles. The predicted octanol–water partition coefficient (Wildman–Crippen LogP) is 5.29. The van der Waals surface area contributed by atoms with Crippen LogP contribution in [-0.4, -0.2) is 48.3 Å². The van der Waals surface area contributed by atoms with Crippen molar-refractivity contribution in [2.45, 2.75) is 44.8 Å². The van der Waals surface area contributed by atoms with Gasteiger partial charge in [-0.15, -0.1) is 0 Å². The van der Waals surface area contributed by atoms with E-state index in [1.54, 1.807) is 17.0 Å². The maximum absolute atomic E-state index is 13.9. The van der Waals surface area contributed by atoms with Crippen molar-refractivity contribution in [1.82, 2.24) is 10.1 Å².